The van der Waals surface area contributed by atoms with Crippen LogP contribution in [0.2, 0.25) is 0 Å². The van der Waals surface area contributed by atoms with E-state index in [0.29, 0.717) is 11.5 Å². The molecule has 0 radical (unpaired) electrons. The molecular weight excluding hydrogens is 288 g/mol. The lowest BCUT2D eigenvalue weighted by Crippen LogP contribution is -2.41. The molecule has 0 amide bonds. The molecule has 1 aliphatic heterocycles. The Morgan fingerprint density at radius 2 is 1.87 bits per heavy atom. The fourth-order valence-electron chi connectivity index (χ4n) is 4.02. The third kappa shape index (κ3) is 4.20. The summed E-state index contributed by atoms with van der Waals surface area (Å²) in [6.07, 6.45) is 6.44. The van der Waals surface area contributed by atoms with Gasteiger partial charge < -0.3 is 14.9 Å². The van der Waals surface area contributed by atoms with Crippen molar-refractivity contribution in [1.29, 1.82) is 0 Å². The monoisotopic (exact) mass is 320 g/mol. The van der Waals surface area contributed by atoms with Crippen LogP contribution >= 0.6 is 0 Å². The lowest BCUT2D eigenvalue weighted by atomic mass is 9.73. The van der Waals surface area contributed by atoms with E-state index in [1.807, 2.05) is 12.1 Å². The van der Waals surface area contributed by atoms with Gasteiger partial charge in [-0.2, -0.15) is 0 Å². The quantitative estimate of drug-likeness (QED) is 0.714. The Bertz CT molecular complexity index is 499. The van der Waals surface area contributed by atoms with Crippen LogP contribution in [0.15, 0.2) is 12.1 Å². The zero-order chi connectivity index (χ0) is 17.0. The molecule has 2 N–H and O–H groups in total. The van der Waals surface area contributed by atoms with E-state index >= 15 is 0 Å². The maximum absolute atomic E-state index is 10.5. The number of rotatable bonds is 6. The number of benzene rings is 1. The van der Waals surface area contributed by atoms with Crippen molar-refractivity contribution in [3.8, 4) is 11.5 Å². The van der Waals surface area contributed by atoms with Gasteiger partial charge in [0.15, 0.2) is 0 Å². The molecular formula is C20H32O3. The number of phenolic OH excluding ortho intramolecular Hbond substituents is 2. The average Bonchev–Trinajstić information content (AvgIpc) is 2.46. The minimum absolute atomic E-state index is 0.0648. The number of hydrogen-bond acceptors (Lipinski definition) is 3. The Morgan fingerprint density at radius 1 is 1.22 bits per heavy atom. The lowest BCUT2D eigenvalue weighted by Gasteiger charge is -2.42. The summed E-state index contributed by atoms with van der Waals surface area (Å²) < 4.78 is 5.93. The molecule has 0 spiro atoms. The highest BCUT2D eigenvalue weighted by molar-refractivity contribution is 5.49. The van der Waals surface area contributed by atoms with Crippen molar-refractivity contribution in [2.45, 2.75) is 77.7 Å². The van der Waals surface area contributed by atoms with E-state index in [1.54, 1.807) is 0 Å². The molecule has 2 unspecified atom stereocenters. The van der Waals surface area contributed by atoms with Gasteiger partial charge in [0.05, 0.1) is 5.60 Å². The molecule has 1 fully saturated rings. The first-order valence-electron chi connectivity index (χ1n) is 9.05. The number of aryl methyl sites for hydroxylation is 1. The van der Waals surface area contributed by atoms with E-state index in [-0.39, 0.29) is 23.0 Å². The molecule has 2 atom stereocenters. The highest BCUT2D eigenvalue weighted by atomic mass is 16.5. The predicted molar refractivity (Wildman–Crippen MR) is 94.2 cm³/mol. The average molecular weight is 320 g/mol. The molecule has 0 aromatic heterocycles. The third-order valence-corrected chi connectivity index (χ3v) is 5.35. The van der Waals surface area contributed by atoms with Crippen LogP contribution in [0.5, 0.6) is 11.5 Å². The zero-order valence-corrected chi connectivity index (χ0v) is 15.1. The predicted octanol–water partition coefficient (Wildman–Crippen LogP) is 5.14. The van der Waals surface area contributed by atoms with Crippen molar-refractivity contribution < 1.29 is 14.9 Å². The van der Waals surface area contributed by atoms with Gasteiger partial charge in [-0.1, -0.05) is 26.7 Å². The van der Waals surface area contributed by atoms with Crippen LogP contribution < -0.4 is 0 Å². The van der Waals surface area contributed by atoms with Gasteiger partial charge in [0.2, 0.25) is 0 Å². The maximum Gasteiger partial charge on any atom is 0.123 e. The van der Waals surface area contributed by atoms with E-state index in [2.05, 4.69) is 27.7 Å². The van der Waals surface area contributed by atoms with E-state index in [4.69, 9.17) is 4.74 Å². The van der Waals surface area contributed by atoms with Crippen LogP contribution in [0, 0.1) is 5.92 Å². The summed E-state index contributed by atoms with van der Waals surface area (Å²) in [5, 5.41) is 21.0. The second-order valence-electron chi connectivity index (χ2n) is 7.49. The summed E-state index contributed by atoms with van der Waals surface area (Å²) in [4.78, 5) is 0. The lowest BCUT2D eigenvalue weighted by molar-refractivity contribution is -0.100. The van der Waals surface area contributed by atoms with Crippen LogP contribution in [-0.2, 0) is 11.2 Å². The number of aromatic hydroxyl groups is 2. The van der Waals surface area contributed by atoms with Crippen molar-refractivity contribution >= 4 is 0 Å². The fourth-order valence-corrected chi connectivity index (χ4v) is 4.02. The number of ether oxygens (including phenoxy) is 1. The highest BCUT2D eigenvalue weighted by Crippen LogP contribution is 2.46. The Labute approximate surface area is 140 Å². The van der Waals surface area contributed by atoms with Crippen molar-refractivity contribution in [2.24, 2.45) is 5.92 Å². The first-order valence-corrected chi connectivity index (χ1v) is 9.05. The van der Waals surface area contributed by atoms with Gasteiger partial charge in [-0.05, 0) is 69.1 Å². The van der Waals surface area contributed by atoms with Crippen molar-refractivity contribution in [3.63, 3.8) is 0 Å². The summed E-state index contributed by atoms with van der Waals surface area (Å²) in [6, 6.07) is 3.66. The van der Waals surface area contributed by atoms with E-state index in [1.165, 1.54) is 12.8 Å². The molecule has 23 heavy (non-hydrogen) atoms. The third-order valence-electron chi connectivity index (χ3n) is 5.35. The molecule has 130 valence electrons. The minimum Gasteiger partial charge on any atom is -0.508 e. The molecule has 2 rings (SSSR count). The van der Waals surface area contributed by atoms with Gasteiger partial charge in [0.1, 0.15) is 11.5 Å². The summed E-state index contributed by atoms with van der Waals surface area (Å²) in [5.41, 5.74) is 1.47. The van der Waals surface area contributed by atoms with Crippen molar-refractivity contribution in [1.82, 2.24) is 0 Å². The Balaban J connectivity index is 2.21. The first kappa shape index (κ1) is 18.1. The van der Waals surface area contributed by atoms with Crippen LogP contribution in [-0.4, -0.2) is 22.4 Å². The topological polar surface area (TPSA) is 49.7 Å². The van der Waals surface area contributed by atoms with Crippen LogP contribution in [0.25, 0.3) is 0 Å². The summed E-state index contributed by atoms with van der Waals surface area (Å²) >= 11 is 0. The van der Waals surface area contributed by atoms with E-state index in [0.717, 1.165) is 37.9 Å². The summed E-state index contributed by atoms with van der Waals surface area (Å²) in [5.74, 6) is 0.810. The van der Waals surface area contributed by atoms with Gasteiger partial charge in [-0.25, -0.2) is 0 Å². The normalized spacial score (nSPS) is 22.0. The summed E-state index contributed by atoms with van der Waals surface area (Å²) in [7, 11) is 0. The molecule has 0 bridgehead atoms. The van der Waals surface area contributed by atoms with Crippen LogP contribution in [0.1, 0.15) is 76.8 Å². The molecule has 3 heteroatoms. The van der Waals surface area contributed by atoms with Gasteiger partial charge in [0, 0.05) is 12.2 Å². The Morgan fingerprint density at radius 3 is 2.43 bits per heavy atom. The molecule has 1 heterocycles. The number of unbranched alkanes of at least 4 members (excludes halogenated alkanes) is 2. The molecule has 0 saturated carbocycles. The van der Waals surface area contributed by atoms with E-state index in [9.17, 15) is 10.2 Å². The first-order chi connectivity index (χ1) is 10.9. The van der Waals surface area contributed by atoms with Gasteiger partial charge in [0.25, 0.3) is 0 Å². The molecule has 0 aliphatic carbocycles. The zero-order valence-electron chi connectivity index (χ0n) is 15.1. The molecule has 3 nitrogen and oxygen atoms in total. The van der Waals surface area contributed by atoms with Crippen molar-refractivity contribution in [3.05, 3.63) is 23.3 Å². The molecule has 1 aliphatic rings. The van der Waals surface area contributed by atoms with Gasteiger partial charge >= 0.3 is 0 Å². The Kier molecular flexibility index (Phi) is 5.96. The second-order valence-corrected chi connectivity index (χ2v) is 7.49. The standard InChI is InChI=1S/C20H32O3/c1-5-6-7-9-15-12-17(21)19(18(22)13-15)14(2)16-10-8-11-23-20(16,3)4/h12-14,16,21-22H,5-11H2,1-4H3. The summed E-state index contributed by atoms with van der Waals surface area (Å²) in [6.45, 7) is 9.28. The SMILES string of the molecule is CCCCCc1cc(O)c(C(C)C2CCCOC2(C)C)c(O)c1. The number of hydrogen-bond donors (Lipinski definition) is 2. The fraction of sp³-hybridized carbons (Fsp3) is 0.700. The Hall–Kier alpha value is -1.22. The van der Waals surface area contributed by atoms with Gasteiger partial charge in [-0.3, -0.25) is 0 Å². The number of phenols is 2. The van der Waals surface area contributed by atoms with Crippen molar-refractivity contribution in [2.75, 3.05) is 6.61 Å². The van der Waals surface area contributed by atoms with Crippen LogP contribution in [0.3, 0.4) is 0 Å². The minimum atomic E-state index is -0.226. The highest BCUT2D eigenvalue weighted by Gasteiger charge is 2.39. The van der Waals surface area contributed by atoms with Crippen LogP contribution in [0.4, 0.5) is 0 Å². The van der Waals surface area contributed by atoms with E-state index < -0.39 is 0 Å². The van der Waals surface area contributed by atoms with Gasteiger partial charge in [-0.15, -0.1) is 0 Å². The largest absolute Gasteiger partial charge is 0.508 e. The second kappa shape index (κ2) is 7.57. The molecule has 1 aromatic rings. The molecule has 1 saturated heterocycles. The smallest absolute Gasteiger partial charge is 0.123 e. The molecule has 1 aromatic carbocycles. The maximum atomic E-state index is 10.5.